The lowest BCUT2D eigenvalue weighted by Gasteiger charge is -2.20. The van der Waals surface area contributed by atoms with Gasteiger partial charge in [-0.05, 0) is 29.3 Å². The first-order valence-corrected chi connectivity index (χ1v) is 10.0. The summed E-state index contributed by atoms with van der Waals surface area (Å²) in [5, 5.41) is 23.8. The lowest BCUT2D eigenvalue weighted by Crippen LogP contribution is -2.53. The van der Waals surface area contributed by atoms with E-state index >= 15 is 0 Å². The van der Waals surface area contributed by atoms with Crippen molar-refractivity contribution in [3.63, 3.8) is 0 Å². The molecule has 30 heavy (non-hydrogen) atoms. The molecule has 0 fully saturated rings. The second-order valence-electron chi connectivity index (χ2n) is 6.28. The molecular formula is C20H20BrClN2O6. The van der Waals surface area contributed by atoms with Crippen LogP contribution in [-0.2, 0) is 27.4 Å². The van der Waals surface area contributed by atoms with E-state index in [9.17, 15) is 24.6 Å². The van der Waals surface area contributed by atoms with Crippen molar-refractivity contribution in [2.24, 2.45) is 0 Å². The number of rotatable bonds is 9. The Morgan fingerprint density at radius 3 is 2.40 bits per heavy atom. The maximum atomic E-state index is 12.4. The minimum Gasteiger partial charge on any atom is -0.480 e. The standard InChI is InChI=1S/C20H20BrClN2O6/c21-15-7-6-14(22)8-13(15)9-16(19(27)28)23-18(26)17(10-25)24-20(29)30-11-12-4-2-1-3-5-12/h1-8,16-17,25H,9-11H2,(H,23,26)(H,24,29)(H,27,28)/t16-,17+/m1/s1. The number of nitrogens with one attached hydrogen (secondary N) is 2. The van der Waals surface area contributed by atoms with Gasteiger partial charge in [0.1, 0.15) is 18.7 Å². The zero-order chi connectivity index (χ0) is 22.1. The van der Waals surface area contributed by atoms with Crippen molar-refractivity contribution < 1.29 is 29.3 Å². The van der Waals surface area contributed by atoms with Gasteiger partial charge in [-0.3, -0.25) is 4.79 Å². The smallest absolute Gasteiger partial charge is 0.408 e. The number of carboxylic acid groups (broad SMARTS) is 1. The first-order valence-electron chi connectivity index (χ1n) is 8.85. The molecule has 0 aromatic heterocycles. The van der Waals surface area contributed by atoms with Gasteiger partial charge in [-0.25, -0.2) is 9.59 Å². The molecule has 2 atom stereocenters. The zero-order valence-electron chi connectivity index (χ0n) is 15.7. The van der Waals surface area contributed by atoms with E-state index in [2.05, 4.69) is 26.6 Å². The predicted molar refractivity (Wildman–Crippen MR) is 113 cm³/mol. The van der Waals surface area contributed by atoms with Crippen LogP contribution in [0.3, 0.4) is 0 Å². The van der Waals surface area contributed by atoms with Crippen LogP contribution in [0.4, 0.5) is 4.79 Å². The van der Waals surface area contributed by atoms with Gasteiger partial charge in [-0.1, -0.05) is 57.9 Å². The first-order chi connectivity index (χ1) is 14.3. The van der Waals surface area contributed by atoms with Gasteiger partial charge in [0.25, 0.3) is 0 Å². The molecule has 2 aromatic rings. The second-order valence-corrected chi connectivity index (χ2v) is 7.57. The van der Waals surface area contributed by atoms with Crippen molar-refractivity contribution in [2.45, 2.75) is 25.1 Å². The van der Waals surface area contributed by atoms with Crippen molar-refractivity contribution in [3.8, 4) is 0 Å². The molecule has 0 aliphatic carbocycles. The van der Waals surface area contributed by atoms with Gasteiger partial charge in [-0.15, -0.1) is 0 Å². The van der Waals surface area contributed by atoms with E-state index in [1.165, 1.54) is 0 Å². The fraction of sp³-hybridized carbons (Fsp3) is 0.250. The Balaban J connectivity index is 1.96. The molecule has 0 heterocycles. The van der Waals surface area contributed by atoms with Crippen LogP contribution in [0.5, 0.6) is 0 Å². The average molecular weight is 500 g/mol. The number of aliphatic hydroxyl groups is 1. The molecule has 0 aliphatic rings. The molecule has 2 rings (SSSR count). The van der Waals surface area contributed by atoms with E-state index in [1.54, 1.807) is 42.5 Å². The Hall–Kier alpha value is -2.62. The molecule has 2 amide bonds. The van der Waals surface area contributed by atoms with E-state index < -0.39 is 36.7 Å². The van der Waals surface area contributed by atoms with Crippen LogP contribution < -0.4 is 10.6 Å². The van der Waals surface area contributed by atoms with E-state index in [0.29, 0.717) is 15.1 Å². The molecule has 160 valence electrons. The molecule has 0 saturated carbocycles. The first kappa shape index (κ1) is 23.7. The van der Waals surface area contributed by atoms with E-state index in [-0.39, 0.29) is 13.0 Å². The Kier molecular flexibility index (Phi) is 9.10. The number of carbonyl (C=O) groups is 3. The number of alkyl carbamates (subject to hydrolysis) is 1. The van der Waals surface area contributed by atoms with Gasteiger partial charge in [0.15, 0.2) is 0 Å². The molecule has 8 nitrogen and oxygen atoms in total. The summed E-state index contributed by atoms with van der Waals surface area (Å²) in [5.74, 6) is -2.14. The van der Waals surface area contributed by atoms with Crippen LogP contribution >= 0.6 is 27.5 Å². The van der Waals surface area contributed by atoms with Crippen LogP contribution in [0.2, 0.25) is 5.02 Å². The van der Waals surface area contributed by atoms with Crippen molar-refractivity contribution in [1.82, 2.24) is 10.6 Å². The normalized spacial score (nSPS) is 12.5. The quantitative estimate of drug-likeness (QED) is 0.420. The Morgan fingerprint density at radius 2 is 1.77 bits per heavy atom. The summed E-state index contributed by atoms with van der Waals surface area (Å²) in [7, 11) is 0. The van der Waals surface area contributed by atoms with Gasteiger partial charge in [0, 0.05) is 15.9 Å². The number of carboxylic acids is 1. The van der Waals surface area contributed by atoms with Crippen LogP contribution in [0, 0.1) is 0 Å². The van der Waals surface area contributed by atoms with Crippen LogP contribution in [0.15, 0.2) is 53.0 Å². The zero-order valence-corrected chi connectivity index (χ0v) is 18.0. The number of ether oxygens (including phenoxy) is 1. The number of hydrogen-bond acceptors (Lipinski definition) is 5. The molecule has 2 aromatic carbocycles. The summed E-state index contributed by atoms with van der Waals surface area (Å²) < 4.78 is 5.64. The van der Waals surface area contributed by atoms with Crippen molar-refractivity contribution in [2.75, 3.05) is 6.61 Å². The highest BCUT2D eigenvalue weighted by atomic mass is 79.9. The summed E-state index contributed by atoms with van der Waals surface area (Å²) >= 11 is 9.25. The molecule has 0 spiro atoms. The maximum Gasteiger partial charge on any atom is 0.408 e. The predicted octanol–water partition coefficient (Wildman–Crippen LogP) is 2.50. The van der Waals surface area contributed by atoms with E-state index in [4.69, 9.17) is 16.3 Å². The monoisotopic (exact) mass is 498 g/mol. The van der Waals surface area contributed by atoms with Gasteiger partial charge in [0.2, 0.25) is 5.91 Å². The molecule has 4 N–H and O–H groups in total. The minimum absolute atomic E-state index is 0.0208. The van der Waals surface area contributed by atoms with Crippen LogP contribution in [0.25, 0.3) is 0 Å². The topological polar surface area (TPSA) is 125 Å². The van der Waals surface area contributed by atoms with Gasteiger partial charge >= 0.3 is 12.1 Å². The number of benzene rings is 2. The van der Waals surface area contributed by atoms with Gasteiger partial charge in [-0.2, -0.15) is 0 Å². The number of carbonyl (C=O) groups excluding carboxylic acids is 2. The summed E-state index contributed by atoms with van der Waals surface area (Å²) in [6, 6.07) is 11.1. The highest BCUT2D eigenvalue weighted by Crippen LogP contribution is 2.22. The SMILES string of the molecule is O=C(N[C@@H](CO)C(=O)N[C@H](Cc1cc(Cl)ccc1Br)C(=O)O)OCc1ccccc1. The Labute approximate surface area is 186 Å². The number of amides is 2. The van der Waals surface area contributed by atoms with Crippen molar-refractivity contribution in [1.29, 1.82) is 0 Å². The van der Waals surface area contributed by atoms with Crippen LogP contribution in [-0.4, -0.2) is 46.9 Å². The third-order valence-electron chi connectivity index (χ3n) is 4.05. The Bertz CT molecular complexity index is 896. The average Bonchev–Trinajstić information content (AvgIpc) is 2.73. The molecule has 10 heteroatoms. The van der Waals surface area contributed by atoms with Gasteiger partial charge < -0.3 is 25.6 Å². The molecule has 0 radical (unpaired) electrons. The molecule has 0 aliphatic heterocycles. The highest BCUT2D eigenvalue weighted by Gasteiger charge is 2.27. The third kappa shape index (κ3) is 7.33. The highest BCUT2D eigenvalue weighted by molar-refractivity contribution is 9.10. The fourth-order valence-corrected chi connectivity index (χ4v) is 3.10. The van der Waals surface area contributed by atoms with Crippen molar-refractivity contribution >= 4 is 45.5 Å². The second kappa shape index (κ2) is 11.5. The fourth-order valence-electron chi connectivity index (χ4n) is 2.49. The molecule has 0 saturated heterocycles. The summed E-state index contributed by atoms with van der Waals surface area (Å²) in [4.78, 5) is 35.9. The number of halogens is 2. The third-order valence-corrected chi connectivity index (χ3v) is 5.06. The lowest BCUT2D eigenvalue weighted by atomic mass is 10.1. The molecular weight excluding hydrogens is 480 g/mol. The number of aliphatic carboxylic acids is 1. The van der Waals surface area contributed by atoms with Crippen LogP contribution in [0.1, 0.15) is 11.1 Å². The number of hydrogen-bond donors (Lipinski definition) is 4. The Morgan fingerprint density at radius 1 is 1.07 bits per heavy atom. The molecule has 0 unspecified atom stereocenters. The molecule has 0 bridgehead atoms. The van der Waals surface area contributed by atoms with Crippen molar-refractivity contribution in [3.05, 3.63) is 69.2 Å². The largest absolute Gasteiger partial charge is 0.480 e. The van der Waals surface area contributed by atoms with Gasteiger partial charge in [0.05, 0.1) is 6.61 Å². The maximum absolute atomic E-state index is 12.4. The summed E-state index contributed by atoms with van der Waals surface area (Å²) in [5.41, 5.74) is 1.32. The van der Waals surface area contributed by atoms with E-state index in [1.807, 2.05) is 6.07 Å². The summed E-state index contributed by atoms with van der Waals surface area (Å²) in [6.45, 7) is -0.757. The lowest BCUT2D eigenvalue weighted by molar-refractivity contribution is -0.142. The summed E-state index contributed by atoms with van der Waals surface area (Å²) in [6.07, 6.45) is -0.976. The van der Waals surface area contributed by atoms with E-state index in [0.717, 1.165) is 5.56 Å². The minimum atomic E-state index is -1.38. The number of aliphatic hydroxyl groups excluding tert-OH is 1.